The zero-order valence-corrected chi connectivity index (χ0v) is 10.2. The summed E-state index contributed by atoms with van der Waals surface area (Å²) in [5.74, 6) is 4.61. The van der Waals surface area contributed by atoms with Crippen molar-refractivity contribution >= 4 is 11.8 Å². The number of hydrogen-bond donors (Lipinski definition) is 1. The maximum atomic E-state index is 9.40. The van der Waals surface area contributed by atoms with Gasteiger partial charge in [-0.3, -0.25) is 0 Å². The summed E-state index contributed by atoms with van der Waals surface area (Å²) in [7, 11) is 0. The molecule has 0 heterocycles. The van der Waals surface area contributed by atoms with Crippen molar-refractivity contribution in [3.8, 4) is 5.75 Å². The van der Waals surface area contributed by atoms with Crippen LogP contribution < -0.4 is 0 Å². The number of rotatable bonds is 3. The van der Waals surface area contributed by atoms with Crippen molar-refractivity contribution in [1.82, 2.24) is 0 Å². The Labute approximate surface area is 101 Å². The highest BCUT2D eigenvalue weighted by molar-refractivity contribution is 7.99. The van der Waals surface area contributed by atoms with Crippen LogP contribution in [0.3, 0.4) is 0 Å². The van der Waals surface area contributed by atoms with Gasteiger partial charge in [-0.15, -0.1) is 11.8 Å². The number of benzene rings is 1. The van der Waals surface area contributed by atoms with Gasteiger partial charge in [-0.05, 0) is 55.2 Å². The van der Waals surface area contributed by atoms with Gasteiger partial charge in [0.2, 0.25) is 0 Å². The summed E-state index contributed by atoms with van der Waals surface area (Å²) in [6.07, 6.45) is 5.90. The lowest BCUT2D eigenvalue weighted by atomic mass is 9.90. The zero-order valence-electron chi connectivity index (χ0n) is 9.43. The molecule has 3 atom stereocenters. The monoisotopic (exact) mass is 234 g/mol. The van der Waals surface area contributed by atoms with Crippen LogP contribution in [0.5, 0.6) is 5.75 Å². The lowest BCUT2D eigenvalue weighted by molar-refractivity contribution is 0.365. The summed E-state index contributed by atoms with van der Waals surface area (Å²) >= 11 is 1.91. The van der Waals surface area contributed by atoms with Gasteiger partial charge < -0.3 is 5.11 Å². The van der Waals surface area contributed by atoms with E-state index in [1.807, 2.05) is 23.9 Å². The predicted molar refractivity (Wildman–Crippen MR) is 67.8 cm³/mol. The lowest BCUT2D eigenvalue weighted by Crippen LogP contribution is -2.12. The summed E-state index contributed by atoms with van der Waals surface area (Å²) < 4.78 is 0. The molecule has 2 heteroatoms. The third-order valence-corrected chi connectivity index (χ3v) is 5.35. The molecular formula is C14H18OS. The standard InChI is InChI=1S/C14H18OS/c15-13-2-1-3-14(8-13)16-9-12-7-10-4-5-11(12)6-10/h1-3,8,10-12,15H,4-7,9H2. The van der Waals surface area contributed by atoms with Gasteiger partial charge in [0.25, 0.3) is 0 Å². The first kappa shape index (κ1) is 10.5. The molecule has 0 aliphatic heterocycles. The number of hydrogen-bond acceptors (Lipinski definition) is 2. The van der Waals surface area contributed by atoms with Gasteiger partial charge in [0, 0.05) is 10.6 Å². The molecule has 0 spiro atoms. The number of phenols is 1. The van der Waals surface area contributed by atoms with E-state index in [9.17, 15) is 5.11 Å². The molecule has 0 amide bonds. The van der Waals surface area contributed by atoms with Crippen LogP contribution in [-0.2, 0) is 0 Å². The van der Waals surface area contributed by atoms with E-state index >= 15 is 0 Å². The Morgan fingerprint density at radius 3 is 2.88 bits per heavy atom. The first-order valence-corrected chi connectivity index (χ1v) is 7.21. The van der Waals surface area contributed by atoms with Gasteiger partial charge in [0.15, 0.2) is 0 Å². The van der Waals surface area contributed by atoms with Crippen molar-refractivity contribution in [3.05, 3.63) is 24.3 Å². The molecule has 0 radical (unpaired) electrons. The van der Waals surface area contributed by atoms with Crippen LogP contribution in [-0.4, -0.2) is 10.9 Å². The molecule has 1 aromatic rings. The fraction of sp³-hybridized carbons (Fsp3) is 0.571. The highest BCUT2D eigenvalue weighted by Gasteiger charge is 2.38. The van der Waals surface area contributed by atoms with Gasteiger partial charge >= 0.3 is 0 Å². The minimum atomic E-state index is 0.387. The first-order chi connectivity index (χ1) is 7.81. The van der Waals surface area contributed by atoms with E-state index in [1.54, 1.807) is 6.07 Å². The van der Waals surface area contributed by atoms with Gasteiger partial charge in [0.1, 0.15) is 5.75 Å². The number of aromatic hydroxyl groups is 1. The van der Waals surface area contributed by atoms with Crippen molar-refractivity contribution in [2.24, 2.45) is 17.8 Å². The third kappa shape index (κ3) is 2.08. The normalized spacial score (nSPS) is 32.1. The van der Waals surface area contributed by atoms with Gasteiger partial charge in [-0.25, -0.2) is 0 Å². The van der Waals surface area contributed by atoms with E-state index < -0.39 is 0 Å². The highest BCUT2D eigenvalue weighted by atomic mass is 32.2. The Hall–Kier alpha value is -0.630. The molecule has 2 aliphatic rings. The molecule has 16 heavy (non-hydrogen) atoms. The summed E-state index contributed by atoms with van der Waals surface area (Å²) in [5, 5.41) is 9.40. The van der Waals surface area contributed by atoms with E-state index in [0.717, 1.165) is 17.8 Å². The van der Waals surface area contributed by atoms with Crippen molar-refractivity contribution in [2.75, 3.05) is 5.75 Å². The minimum Gasteiger partial charge on any atom is -0.508 e. The Kier molecular flexibility index (Phi) is 2.84. The van der Waals surface area contributed by atoms with E-state index in [-0.39, 0.29) is 0 Å². The topological polar surface area (TPSA) is 20.2 Å². The van der Waals surface area contributed by atoms with E-state index in [4.69, 9.17) is 0 Å². The Morgan fingerprint density at radius 2 is 2.19 bits per heavy atom. The average Bonchev–Trinajstić information content (AvgIpc) is 2.88. The molecule has 3 rings (SSSR count). The summed E-state index contributed by atoms with van der Waals surface area (Å²) in [6.45, 7) is 0. The molecule has 2 bridgehead atoms. The summed E-state index contributed by atoms with van der Waals surface area (Å²) in [6, 6.07) is 7.63. The zero-order chi connectivity index (χ0) is 11.0. The van der Waals surface area contributed by atoms with Crippen LogP contribution in [0.4, 0.5) is 0 Å². The summed E-state index contributed by atoms with van der Waals surface area (Å²) in [4.78, 5) is 1.21. The molecule has 0 aromatic heterocycles. The second-order valence-corrected chi connectivity index (χ2v) is 6.34. The summed E-state index contributed by atoms with van der Waals surface area (Å²) in [5.41, 5.74) is 0. The molecule has 3 unspecified atom stereocenters. The SMILES string of the molecule is Oc1cccc(SCC2CC3CCC2C3)c1. The van der Waals surface area contributed by atoms with Crippen LogP contribution in [0.1, 0.15) is 25.7 Å². The number of thioether (sulfide) groups is 1. The first-order valence-electron chi connectivity index (χ1n) is 6.23. The predicted octanol–water partition coefficient (Wildman–Crippen LogP) is 3.92. The molecule has 2 aliphatic carbocycles. The van der Waals surface area contributed by atoms with Crippen molar-refractivity contribution in [2.45, 2.75) is 30.6 Å². The smallest absolute Gasteiger partial charge is 0.116 e. The second-order valence-electron chi connectivity index (χ2n) is 5.24. The van der Waals surface area contributed by atoms with E-state index in [1.165, 1.54) is 36.3 Å². The molecule has 1 N–H and O–H groups in total. The maximum Gasteiger partial charge on any atom is 0.116 e. The van der Waals surface area contributed by atoms with Crippen LogP contribution in [0.15, 0.2) is 29.2 Å². The Bertz CT molecular complexity index is 377. The fourth-order valence-corrected chi connectivity index (χ4v) is 4.55. The van der Waals surface area contributed by atoms with E-state index in [0.29, 0.717) is 5.75 Å². The highest BCUT2D eigenvalue weighted by Crippen LogP contribution is 2.49. The van der Waals surface area contributed by atoms with Crippen molar-refractivity contribution < 1.29 is 5.11 Å². The van der Waals surface area contributed by atoms with E-state index in [2.05, 4.69) is 6.07 Å². The molecule has 0 saturated heterocycles. The van der Waals surface area contributed by atoms with Crippen LogP contribution in [0.2, 0.25) is 0 Å². The molecule has 1 aromatic carbocycles. The quantitative estimate of drug-likeness (QED) is 0.800. The minimum absolute atomic E-state index is 0.387. The van der Waals surface area contributed by atoms with Gasteiger partial charge in [0.05, 0.1) is 0 Å². The molecular weight excluding hydrogens is 216 g/mol. The van der Waals surface area contributed by atoms with Gasteiger partial charge in [-0.1, -0.05) is 12.5 Å². The fourth-order valence-electron chi connectivity index (χ4n) is 3.36. The molecule has 2 saturated carbocycles. The second kappa shape index (κ2) is 4.33. The maximum absolute atomic E-state index is 9.40. The largest absolute Gasteiger partial charge is 0.508 e. The number of phenolic OH excluding ortho intramolecular Hbond substituents is 1. The Morgan fingerprint density at radius 1 is 1.25 bits per heavy atom. The Balaban J connectivity index is 1.57. The van der Waals surface area contributed by atoms with Crippen molar-refractivity contribution in [1.29, 1.82) is 0 Å². The average molecular weight is 234 g/mol. The molecule has 86 valence electrons. The van der Waals surface area contributed by atoms with Crippen molar-refractivity contribution in [3.63, 3.8) is 0 Å². The van der Waals surface area contributed by atoms with Crippen LogP contribution in [0.25, 0.3) is 0 Å². The van der Waals surface area contributed by atoms with Crippen LogP contribution in [0, 0.1) is 17.8 Å². The number of fused-ring (bicyclic) bond motifs is 2. The lowest BCUT2D eigenvalue weighted by Gasteiger charge is -2.20. The van der Waals surface area contributed by atoms with Gasteiger partial charge in [-0.2, -0.15) is 0 Å². The van der Waals surface area contributed by atoms with Crippen LogP contribution >= 0.6 is 11.8 Å². The molecule has 2 fully saturated rings. The molecule has 1 nitrogen and oxygen atoms in total. The third-order valence-electron chi connectivity index (χ3n) is 4.17.